The van der Waals surface area contributed by atoms with Gasteiger partial charge >= 0.3 is 0 Å². The van der Waals surface area contributed by atoms with Crippen molar-refractivity contribution in [2.75, 3.05) is 36.5 Å². The van der Waals surface area contributed by atoms with Crippen LogP contribution in [0.15, 0.2) is 53.0 Å². The van der Waals surface area contributed by atoms with Crippen LogP contribution in [0.2, 0.25) is 0 Å². The molecule has 2 rings (SSSR count). The molecule has 0 aromatic heterocycles. The number of carbonyl (C=O) groups excluding carboxylic acids is 2. The number of benzene rings is 2. The van der Waals surface area contributed by atoms with Gasteiger partial charge in [-0.2, -0.15) is 0 Å². The number of anilines is 2. The predicted molar refractivity (Wildman–Crippen MR) is 109 cm³/mol. The Morgan fingerprint density at radius 3 is 2.15 bits per heavy atom. The van der Waals surface area contributed by atoms with E-state index in [0.29, 0.717) is 21.4 Å². The van der Waals surface area contributed by atoms with Crippen LogP contribution in [-0.2, 0) is 14.8 Å². The second kappa shape index (κ2) is 8.53. The maximum atomic E-state index is 12.4. The predicted octanol–water partition coefficient (Wildman–Crippen LogP) is 2.56. The van der Waals surface area contributed by atoms with E-state index in [0.717, 1.165) is 10.6 Å². The molecule has 7 nitrogen and oxygen atoms in total. The molecular formula is C18H20BrN3O4S. The normalized spacial score (nSPS) is 11.0. The molecule has 0 heterocycles. The van der Waals surface area contributed by atoms with Gasteiger partial charge in [0.15, 0.2) is 0 Å². The highest BCUT2D eigenvalue weighted by molar-refractivity contribution is 9.10. The molecule has 0 aliphatic carbocycles. The Kier molecular flexibility index (Phi) is 6.61. The summed E-state index contributed by atoms with van der Waals surface area (Å²) in [5.74, 6) is -0.645. The van der Waals surface area contributed by atoms with E-state index in [2.05, 4.69) is 21.2 Å². The average Bonchev–Trinajstić information content (AvgIpc) is 2.59. The molecule has 0 unspecified atom stereocenters. The molecule has 0 saturated carbocycles. The summed E-state index contributed by atoms with van der Waals surface area (Å²) in [6.07, 6.45) is 1.04. The van der Waals surface area contributed by atoms with Gasteiger partial charge in [-0.25, -0.2) is 8.42 Å². The maximum absolute atomic E-state index is 12.4. The van der Waals surface area contributed by atoms with Crippen molar-refractivity contribution >= 4 is 49.1 Å². The van der Waals surface area contributed by atoms with E-state index in [1.54, 1.807) is 62.6 Å². The van der Waals surface area contributed by atoms with Crippen molar-refractivity contribution in [2.24, 2.45) is 0 Å². The van der Waals surface area contributed by atoms with Gasteiger partial charge in [-0.15, -0.1) is 0 Å². The van der Waals surface area contributed by atoms with Gasteiger partial charge in [-0.05, 0) is 52.3 Å². The Hall–Kier alpha value is -2.39. The summed E-state index contributed by atoms with van der Waals surface area (Å²) in [6.45, 7) is -0.375. The quantitative estimate of drug-likeness (QED) is 0.727. The van der Waals surface area contributed by atoms with E-state index in [1.165, 1.54) is 4.90 Å². The lowest BCUT2D eigenvalue weighted by Gasteiger charge is -2.23. The summed E-state index contributed by atoms with van der Waals surface area (Å²) in [7, 11) is -0.358. The summed E-state index contributed by atoms with van der Waals surface area (Å²) >= 11 is 3.31. The Morgan fingerprint density at radius 2 is 1.63 bits per heavy atom. The molecule has 27 heavy (non-hydrogen) atoms. The fourth-order valence-electron chi connectivity index (χ4n) is 2.32. The van der Waals surface area contributed by atoms with Gasteiger partial charge < -0.3 is 10.2 Å². The number of nitrogens with zero attached hydrogens (tertiary/aromatic N) is 2. The molecular weight excluding hydrogens is 434 g/mol. The van der Waals surface area contributed by atoms with Gasteiger partial charge in [-0.1, -0.05) is 12.1 Å². The molecule has 0 atom stereocenters. The van der Waals surface area contributed by atoms with Crippen molar-refractivity contribution < 1.29 is 18.0 Å². The monoisotopic (exact) mass is 453 g/mol. The first-order valence-corrected chi connectivity index (χ1v) is 10.6. The van der Waals surface area contributed by atoms with Crippen molar-refractivity contribution in [3.05, 3.63) is 58.6 Å². The number of hydrogen-bond acceptors (Lipinski definition) is 4. The van der Waals surface area contributed by atoms with Gasteiger partial charge in [0.25, 0.3) is 5.91 Å². The lowest BCUT2D eigenvalue weighted by molar-refractivity contribution is -0.114. The first-order valence-electron chi connectivity index (χ1n) is 7.93. The second-order valence-corrected chi connectivity index (χ2v) is 8.81. The van der Waals surface area contributed by atoms with E-state index in [4.69, 9.17) is 0 Å². The molecule has 0 bridgehead atoms. The standard InChI is InChI=1S/C18H20BrN3O4S/c1-21(2)18(24)13-8-10-14(11-9-13)20-17(23)12-22(27(3,25)26)16-7-5-4-6-15(16)19/h4-11H,12H2,1-3H3,(H,20,23). The maximum Gasteiger partial charge on any atom is 0.253 e. The molecule has 0 radical (unpaired) electrons. The zero-order valence-corrected chi connectivity index (χ0v) is 17.5. The van der Waals surface area contributed by atoms with Gasteiger partial charge in [0.05, 0.1) is 11.9 Å². The highest BCUT2D eigenvalue weighted by atomic mass is 79.9. The van der Waals surface area contributed by atoms with Crippen LogP contribution in [0.25, 0.3) is 0 Å². The number of amides is 2. The minimum absolute atomic E-state index is 0.148. The minimum Gasteiger partial charge on any atom is -0.345 e. The van der Waals surface area contributed by atoms with Crippen LogP contribution in [0.5, 0.6) is 0 Å². The number of nitrogens with one attached hydrogen (secondary N) is 1. The third-order valence-corrected chi connectivity index (χ3v) is 5.43. The Labute approximate surface area is 167 Å². The third kappa shape index (κ3) is 5.54. The van der Waals surface area contributed by atoms with Crippen molar-refractivity contribution in [2.45, 2.75) is 0 Å². The average molecular weight is 454 g/mol. The number of halogens is 1. The van der Waals surface area contributed by atoms with Gasteiger partial charge in [0.1, 0.15) is 6.54 Å². The first kappa shape index (κ1) is 20.9. The summed E-state index contributed by atoms with van der Waals surface area (Å²) in [6, 6.07) is 13.1. The third-order valence-electron chi connectivity index (χ3n) is 3.63. The number of rotatable bonds is 6. The van der Waals surface area contributed by atoms with Crippen molar-refractivity contribution in [1.29, 1.82) is 0 Å². The van der Waals surface area contributed by atoms with Crippen molar-refractivity contribution in [3.63, 3.8) is 0 Å². The van der Waals surface area contributed by atoms with Crippen LogP contribution in [0.3, 0.4) is 0 Å². The highest BCUT2D eigenvalue weighted by Crippen LogP contribution is 2.27. The molecule has 2 amide bonds. The summed E-state index contributed by atoms with van der Waals surface area (Å²) in [5.41, 5.74) is 1.34. The van der Waals surface area contributed by atoms with E-state index in [-0.39, 0.29) is 12.5 Å². The summed E-state index contributed by atoms with van der Waals surface area (Å²) < 4.78 is 25.9. The molecule has 0 fully saturated rings. The molecule has 0 spiro atoms. The number of sulfonamides is 1. The Bertz CT molecular complexity index is 943. The van der Waals surface area contributed by atoms with E-state index in [1.807, 2.05) is 0 Å². The molecule has 0 aliphatic rings. The number of hydrogen-bond donors (Lipinski definition) is 1. The second-order valence-electron chi connectivity index (χ2n) is 6.05. The molecule has 144 valence electrons. The fraction of sp³-hybridized carbons (Fsp3) is 0.222. The largest absolute Gasteiger partial charge is 0.345 e. The number of carbonyl (C=O) groups is 2. The van der Waals surface area contributed by atoms with Crippen LogP contribution in [0.1, 0.15) is 10.4 Å². The highest BCUT2D eigenvalue weighted by Gasteiger charge is 2.22. The lowest BCUT2D eigenvalue weighted by Crippen LogP contribution is -2.37. The molecule has 0 aliphatic heterocycles. The zero-order valence-electron chi connectivity index (χ0n) is 15.1. The van der Waals surface area contributed by atoms with Gasteiger partial charge in [0.2, 0.25) is 15.9 Å². The van der Waals surface area contributed by atoms with E-state index >= 15 is 0 Å². The van der Waals surface area contributed by atoms with E-state index < -0.39 is 15.9 Å². The van der Waals surface area contributed by atoms with Crippen LogP contribution in [0, 0.1) is 0 Å². The Balaban J connectivity index is 2.15. The topological polar surface area (TPSA) is 86.8 Å². The smallest absolute Gasteiger partial charge is 0.253 e. The van der Waals surface area contributed by atoms with Crippen LogP contribution >= 0.6 is 15.9 Å². The summed E-state index contributed by atoms with van der Waals surface area (Å²) in [5, 5.41) is 2.64. The van der Waals surface area contributed by atoms with E-state index in [9.17, 15) is 18.0 Å². The van der Waals surface area contributed by atoms with Gasteiger partial charge in [-0.3, -0.25) is 13.9 Å². The first-order chi connectivity index (χ1) is 12.6. The molecule has 1 N–H and O–H groups in total. The fourth-order valence-corrected chi connectivity index (χ4v) is 3.80. The van der Waals surface area contributed by atoms with Crippen molar-refractivity contribution in [1.82, 2.24) is 4.90 Å². The van der Waals surface area contributed by atoms with Crippen molar-refractivity contribution in [3.8, 4) is 0 Å². The Morgan fingerprint density at radius 1 is 1.04 bits per heavy atom. The molecule has 0 saturated heterocycles. The van der Waals surface area contributed by atoms with Crippen LogP contribution in [-0.4, -0.2) is 52.0 Å². The lowest BCUT2D eigenvalue weighted by atomic mass is 10.2. The molecule has 2 aromatic carbocycles. The number of para-hydroxylation sites is 1. The zero-order chi connectivity index (χ0) is 20.2. The molecule has 2 aromatic rings. The minimum atomic E-state index is -3.66. The van der Waals surface area contributed by atoms with Crippen LogP contribution < -0.4 is 9.62 Å². The van der Waals surface area contributed by atoms with Gasteiger partial charge in [0, 0.05) is 29.8 Å². The SMILES string of the molecule is CN(C)C(=O)c1ccc(NC(=O)CN(c2ccccc2Br)S(C)(=O)=O)cc1. The molecule has 9 heteroatoms. The summed E-state index contributed by atoms with van der Waals surface area (Å²) in [4.78, 5) is 25.7. The van der Waals surface area contributed by atoms with Crippen LogP contribution in [0.4, 0.5) is 11.4 Å².